The monoisotopic (exact) mass is 332 g/mol. The van der Waals surface area contributed by atoms with Crippen LogP contribution < -0.4 is 0 Å². The summed E-state index contributed by atoms with van der Waals surface area (Å²) in [6, 6.07) is 0. The molecule has 3 nitrogen and oxygen atoms in total. The Kier molecular flexibility index (Phi) is 3.87. The van der Waals surface area contributed by atoms with E-state index in [1.807, 2.05) is 0 Å². The summed E-state index contributed by atoms with van der Waals surface area (Å²) in [6.07, 6.45) is 11.3. The van der Waals surface area contributed by atoms with Gasteiger partial charge < -0.3 is 9.84 Å². The van der Waals surface area contributed by atoms with Crippen molar-refractivity contribution in [3.63, 3.8) is 0 Å². The Labute approximate surface area is 145 Å². The molecule has 4 aliphatic carbocycles. The van der Waals surface area contributed by atoms with Crippen molar-refractivity contribution >= 4 is 5.97 Å². The van der Waals surface area contributed by atoms with Crippen LogP contribution in [0.1, 0.15) is 72.1 Å². The molecule has 3 fully saturated rings. The minimum absolute atomic E-state index is 0.118. The average molecular weight is 332 g/mol. The second-order valence-corrected chi connectivity index (χ2v) is 9.38. The summed E-state index contributed by atoms with van der Waals surface area (Å²) >= 11 is 0. The van der Waals surface area contributed by atoms with Gasteiger partial charge in [-0.05, 0) is 74.5 Å². The van der Waals surface area contributed by atoms with Gasteiger partial charge >= 0.3 is 5.97 Å². The van der Waals surface area contributed by atoms with E-state index in [4.69, 9.17) is 4.74 Å². The molecule has 7 unspecified atom stereocenters. The van der Waals surface area contributed by atoms with E-state index in [0.29, 0.717) is 11.3 Å². The number of hydrogen-bond donors (Lipinski definition) is 1. The molecule has 3 heteroatoms. The summed E-state index contributed by atoms with van der Waals surface area (Å²) in [5.74, 6) is 2.04. The summed E-state index contributed by atoms with van der Waals surface area (Å²) in [5, 5.41) is 10.1. The number of carbonyl (C=O) groups is 1. The van der Waals surface area contributed by atoms with Gasteiger partial charge in [0.25, 0.3) is 0 Å². The highest BCUT2D eigenvalue weighted by Gasteiger charge is 2.59. The van der Waals surface area contributed by atoms with Crippen molar-refractivity contribution in [2.75, 3.05) is 0 Å². The molecule has 0 saturated heterocycles. The van der Waals surface area contributed by atoms with Crippen LogP contribution in [-0.4, -0.2) is 23.3 Å². The largest absolute Gasteiger partial charge is 0.462 e. The lowest BCUT2D eigenvalue weighted by Gasteiger charge is -2.57. The number of aliphatic hydroxyl groups is 1. The van der Waals surface area contributed by atoms with Crippen LogP contribution in [0.5, 0.6) is 0 Å². The number of esters is 1. The van der Waals surface area contributed by atoms with E-state index in [-0.39, 0.29) is 23.6 Å². The molecule has 1 N–H and O–H groups in total. The number of rotatable bonds is 1. The van der Waals surface area contributed by atoms with Gasteiger partial charge in [0.1, 0.15) is 6.10 Å². The third kappa shape index (κ3) is 2.30. The summed E-state index contributed by atoms with van der Waals surface area (Å²) in [7, 11) is 0. The number of ether oxygens (including phenoxy) is 1. The molecule has 0 amide bonds. The summed E-state index contributed by atoms with van der Waals surface area (Å²) in [5.41, 5.74) is 1.99. The topological polar surface area (TPSA) is 46.5 Å². The van der Waals surface area contributed by atoms with Crippen molar-refractivity contribution in [3.05, 3.63) is 11.6 Å². The van der Waals surface area contributed by atoms with Crippen LogP contribution in [0.15, 0.2) is 11.6 Å². The second kappa shape index (κ2) is 5.59. The third-order valence-corrected chi connectivity index (χ3v) is 8.30. The van der Waals surface area contributed by atoms with E-state index in [1.165, 1.54) is 24.8 Å². The zero-order valence-electron chi connectivity index (χ0n) is 15.4. The lowest BCUT2D eigenvalue weighted by molar-refractivity contribution is -0.156. The quantitative estimate of drug-likeness (QED) is 0.577. The van der Waals surface area contributed by atoms with Gasteiger partial charge in [0.15, 0.2) is 0 Å². The molecule has 7 atom stereocenters. The normalized spacial score (nSPS) is 50.3. The van der Waals surface area contributed by atoms with Gasteiger partial charge in [0.2, 0.25) is 0 Å². The van der Waals surface area contributed by atoms with Crippen molar-refractivity contribution in [1.29, 1.82) is 0 Å². The fourth-order valence-corrected chi connectivity index (χ4v) is 6.99. The Balaban J connectivity index is 1.62. The highest BCUT2D eigenvalue weighted by molar-refractivity contribution is 5.66. The van der Waals surface area contributed by atoms with Crippen molar-refractivity contribution in [2.45, 2.75) is 84.3 Å². The minimum atomic E-state index is -0.130. The van der Waals surface area contributed by atoms with Gasteiger partial charge in [-0.15, -0.1) is 0 Å². The molecule has 0 aromatic heterocycles. The maximum absolute atomic E-state index is 11.5. The molecular formula is C21H32O3. The van der Waals surface area contributed by atoms with Crippen LogP contribution in [0.25, 0.3) is 0 Å². The van der Waals surface area contributed by atoms with Crippen LogP contribution in [0, 0.1) is 28.6 Å². The first-order valence-corrected chi connectivity index (χ1v) is 9.89. The maximum Gasteiger partial charge on any atom is 0.302 e. The Hall–Kier alpha value is -0.830. The van der Waals surface area contributed by atoms with E-state index in [2.05, 4.69) is 19.9 Å². The predicted octanol–water partition coefficient (Wildman–Crippen LogP) is 4.24. The molecule has 0 spiro atoms. The van der Waals surface area contributed by atoms with Crippen LogP contribution in [0.3, 0.4) is 0 Å². The zero-order valence-corrected chi connectivity index (χ0v) is 15.4. The highest BCUT2D eigenvalue weighted by Crippen LogP contribution is 2.65. The van der Waals surface area contributed by atoms with Gasteiger partial charge in [-0.25, -0.2) is 0 Å². The lowest BCUT2D eigenvalue weighted by Crippen LogP contribution is -2.51. The first-order chi connectivity index (χ1) is 11.3. The van der Waals surface area contributed by atoms with Gasteiger partial charge in [0.05, 0.1) is 6.10 Å². The minimum Gasteiger partial charge on any atom is -0.462 e. The van der Waals surface area contributed by atoms with Gasteiger partial charge in [-0.3, -0.25) is 4.79 Å². The van der Waals surface area contributed by atoms with Crippen molar-refractivity contribution in [2.24, 2.45) is 28.6 Å². The molecule has 4 aliphatic rings. The molecule has 0 bridgehead atoms. The molecule has 0 aromatic rings. The molecule has 24 heavy (non-hydrogen) atoms. The van der Waals surface area contributed by atoms with Gasteiger partial charge in [0, 0.05) is 12.3 Å². The van der Waals surface area contributed by atoms with Crippen LogP contribution in [0.2, 0.25) is 0 Å². The zero-order chi connectivity index (χ0) is 17.1. The SMILES string of the molecule is CC(=O)OC1CCC2C3CC=C4CC(O)CCC4(C)C3CCC12C. The number of allylic oxidation sites excluding steroid dienone is 1. The number of carbonyl (C=O) groups excluding carboxylic acids is 1. The molecule has 0 aromatic carbocycles. The third-order valence-electron chi connectivity index (χ3n) is 8.30. The molecule has 0 aliphatic heterocycles. The van der Waals surface area contributed by atoms with Crippen molar-refractivity contribution < 1.29 is 14.6 Å². The molecule has 4 rings (SSSR count). The Bertz CT molecular complexity index is 567. The smallest absolute Gasteiger partial charge is 0.302 e. The Morgan fingerprint density at radius 2 is 1.96 bits per heavy atom. The van der Waals surface area contributed by atoms with E-state index in [0.717, 1.165) is 43.9 Å². The fourth-order valence-electron chi connectivity index (χ4n) is 6.99. The average Bonchev–Trinajstić information content (AvgIpc) is 2.84. The van der Waals surface area contributed by atoms with Crippen LogP contribution >= 0.6 is 0 Å². The van der Waals surface area contributed by atoms with E-state index in [9.17, 15) is 9.90 Å². The summed E-state index contributed by atoms with van der Waals surface area (Å²) < 4.78 is 5.72. The highest BCUT2D eigenvalue weighted by atomic mass is 16.5. The van der Waals surface area contributed by atoms with E-state index in [1.54, 1.807) is 6.92 Å². The Morgan fingerprint density at radius 3 is 2.71 bits per heavy atom. The number of hydrogen-bond acceptors (Lipinski definition) is 3. The first kappa shape index (κ1) is 16.6. The summed E-state index contributed by atoms with van der Waals surface area (Å²) in [6.45, 7) is 6.38. The molecule has 0 heterocycles. The molecule has 3 saturated carbocycles. The summed E-state index contributed by atoms with van der Waals surface area (Å²) in [4.78, 5) is 11.5. The van der Waals surface area contributed by atoms with Gasteiger partial charge in [-0.2, -0.15) is 0 Å². The lowest BCUT2D eigenvalue weighted by atomic mass is 9.48. The van der Waals surface area contributed by atoms with Gasteiger partial charge in [-0.1, -0.05) is 25.5 Å². The van der Waals surface area contributed by atoms with Crippen LogP contribution in [0.4, 0.5) is 0 Å². The predicted molar refractivity (Wildman–Crippen MR) is 93.3 cm³/mol. The molecule has 134 valence electrons. The molecule has 0 radical (unpaired) electrons. The van der Waals surface area contributed by atoms with E-state index >= 15 is 0 Å². The number of fused-ring (bicyclic) bond motifs is 5. The Morgan fingerprint density at radius 1 is 1.17 bits per heavy atom. The number of aliphatic hydroxyl groups excluding tert-OH is 1. The van der Waals surface area contributed by atoms with Crippen molar-refractivity contribution in [1.82, 2.24) is 0 Å². The van der Waals surface area contributed by atoms with Crippen molar-refractivity contribution in [3.8, 4) is 0 Å². The standard InChI is InChI=1S/C21H32O3/c1-13(22)24-19-7-6-17-16-5-4-14-12-15(23)8-10-20(14,2)18(16)9-11-21(17,19)3/h4,15-19,23H,5-12H2,1-3H3. The first-order valence-electron chi connectivity index (χ1n) is 9.89. The molecular weight excluding hydrogens is 300 g/mol. The second-order valence-electron chi connectivity index (χ2n) is 9.38. The van der Waals surface area contributed by atoms with E-state index < -0.39 is 0 Å². The van der Waals surface area contributed by atoms with Crippen LogP contribution in [-0.2, 0) is 9.53 Å². The fraction of sp³-hybridized carbons (Fsp3) is 0.857. The maximum atomic E-state index is 11.5.